The van der Waals surface area contributed by atoms with Crippen molar-refractivity contribution in [3.63, 3.8) is 0 Å². The monoisotopic (exact) mass is 435 g/mol. The summed E-state index contributed by atoms with van der Waals surface area (Å²) >= 11 is 0. The molecule has 2 amide bonds. The van der Waals surface area contributed by atoms with E-state index < -0.39 is 0 Å². The number of carbonyl (C=O) groups excluding carboxylic acids is 2. The number of pyridine rings is 1. The van der Waals surface area contributed by atoms with Gasteiger partial charge < -0.3 is 15.0 Å². The van der Waals surface area contributed by atoms with Crippen LogP contribution in [-0.2, 0) is 4.74 Å². The average molecular weight is 436 g/mol. The van der Waals surface area contributed by atoms with Gasteiger partial charge in [0, 0.05) is 30.7 Å². The van der Waals surface area contributed by atoms with Crippen molar-refractivity contribution in [3.8, 4) is 11.3 Å². The molecular weight excluding hydrogens is 406 g/mol. The highest BCUT2D eigenvalue weighted by Gasteiger charge is 2.26. The first-order valence-corrected chi connectivity index (χ1v) is 11.1. The summed E-state index contributed by atoms with van der Waals surface area (Å²) in [7, 11) is 0. The minimum atomic E-state index is -0.290. The number of rotatable bonds is 5. The van der Waals surface area contributed by atoms with E-state index in [1.165, 1.54) is 0 Å². The number of ether oxygens (including phenoxy) is 1. The number of benzene rings is 1. The maximum absolute atomic E-state index is 13.3. The number of aromatic nitrogens is 3. The molecule has 1 aromatic carbocycles. The highest BCUT2D eigenvalue weighted by atomic mass is 16.6. The summed E-state index contributed by atoms with van der Waals surface area (Å²) in [5.41, 5.74) is 2.95. The van der Waals surface area contributed by atoms with Gasteiger partial charge in [-0.05, 0) is 39.7 Å². The highest BCUT2D eigenvalue weighted by Crippen LogP contribution is 2.26. The summed E-state index contributed by atoms with van der Waals surface area (Å²) in [6, 6.07) is 11.8. The summed E-state index contributed by atoms with van der Waals surface area (Å²) in [5.74, 6) is -0.146. The molecule has 0 saturated carbocycles. The van der Waals surface area contributed by atoms with Crippen LogP contribution in [0.3, 0.4) is 0 Å². The lowest BCUT2D eigenvalue weighted by Gasteiger charge is -2.31. The van der Waals surface area contributed by atoms with Gasteiger partial charge in [0.05, 0.1) is 29.4 Å². The Morgan fingerprint density at radius 3 is 2.56 bits per heavy atom. The Hall–Kier alpha value is -3.42. The van der Waals surface area contributed by atoms with Crippen LogP contribution in [0.25, 0.3) is 22.3 Å². The van der Waals surface area contributed by atoms with Crippen LogP contribution < -0.4 is 5.32 Å². The van der Waals surface area contributed by atoms with Crippen molar-refractivity contribution in [1.82, 2.24) is 25.0 Å². The molecule has 0 unspecified atom stereocenters. The third-order valence-electron chi connectivity index (χ3n) is 5.73. The molecule has 8 heteroatoms. The SMILES string of the molecule is CCOC(=O)N1CCC(NC(=O)c2cc(-c3ccccc3)nc3c2cnn3C(C)C)CC1. The normalized spacial score (nSPS) is 14.7. The summed E-state index contributed by atoms with van der Waals surface area (Å²) in [6.07, 6.45) is 2.81. The van der Waals surface area contributed by atoms with Crippen LogP contribution in [0.5, 0.6) is 0 Å². The number of fused-ring (bicyclic) bond motifs is 1. The second-order valence-corrected chi connectivity index (χ2v) is 8.27. The molecule has 0 radical (unpaired) electrons. The van der Waals surface area contributed by atoms with Crippen molar-refractivity contribution < 1.29 is 14.3 Å². The topological polar surface area (TPSA) is 89.3 Å². The van der Waals surface area contributed by atoms with Crippen LogP contribution in [0.2, 0.25) is 0 Å². The van der Waals surface area contributed by atoms with Crippen molar-refractivity contribution in [2.24, 2.45) is 0 Å². The molecule has 1 fully saturated rings. The number of nitrogens with one attached hydrogen (secondary N) is 1. The third-order valence-corrected chi connectivity index (χ3v) is 5.73. The van der Waals surface area contributed by atoms with Crippen LogP contribution in [-0.4, -0.2) is 57.4 Å². The molecule has 0 bridgehead atoms. The molecule has 1 aliphatic heterocycles. The van der Waals surface area contributed by atoms with Gasteiger partial charge in [0.25, 0.3) is 5.91 Å². The predicted molar refractivity (Wildman–Crippen MR) is 122 cm³/mol. The fourth-order valence-electron chi connectivity index (χ4n) is 4.02. The number of hydrogen-bond acceptors (Lipinski definition) is 5. The zero-order chi connectivity index (χ0) is 22.7. The van der Waals surface area contributed by atoms with Crippen LogP contribution >= 0.6 is 0 Å². The van der Waals surface area contributed by atoms with Crippen LogP contribution in [0.15, 0.2) is 42.6 Å². The van der Waals surface area contributed by atoms with E-state index in [1.54, 1.807) is 18.0 Å². The van der Waals surface area contributed by atoms with Crippen LogP contribution in [0.4, 0.5) is 4.79 Å². The van der Waals surface area contributed by atoms with Crippen molar-refractivity contribution >= 4 is 23.0 Å². The number of amides is 2. The van der Waals surface area contributed by atoms with E-state index in [0.717, 1.165) is 16.6 Å². The number of piperidine rings is 1. The molecule has 3 heterocycles. The lowest BCUT2D eigenvalue weighted by Crippen LogP contribution is -2.46. The van der Waals surface area contributed by atoms with Gasteiger partial charge in [-0.25, -0.2) is 14.5 Å². The second kappa shape index (κ2) is 9.38. The molecule has 0 atom stereocenters. The zero-order valence-electron chi connectivity index (χ0n) is 18.7. The first-order valence-electron chi connectivity index (χ1n) is 11.1. The van der Waals surface area contributed by atoms with E-state index in [-0.39, 0.29) is 24.1 Å². The molecule has 2 aromatic heterocycles. The molecule has 4 rings (SSSR count). The molecule has 3 aromatic rings. The van der Waals surface area contributed by atoms with Gasteiger partial charge in [-0.2, -0.15) is 5.10 Å². The van der Waals surface area contributed by atoms with E-state index in [1.807, 2.05) is 54.9 Å². The molecule has 8 nitrogen and oxygen atoms in total. The lowest BCUT2D eigenvalue weighted by molar-refractivity contribution is 0.0861. The van der Waals surface area contributed by atoms with Crippen LogP contribution in [0.1, 0.15) is 50.0 Å². The van der Waals surface area contributed by atoms with Gasteiger partial charge in [0.15, 0.2) is 5.65 Å². The molecule has 0 aliphatic carbocycles. The van der Waals surface area contributed by atoms with Gasteiger partial charge in [-0.1, -0.05) is 30.3 Å². The minimum Gasteiger partial charge on any atom is -0.450 e. The molecule has 1 aliphatic rings. The fraction of sp³-hybridized carbons (Fsp3) is 0.417. The van der Waals surface area contributed by atoms with Gasteiger partial charge in [0.2, 0.25) is 0 Å². The summed E-state index contributed by atoms with van der Waals surface area (Å²) in [4.78, 5) is 31.8. The second-order valence-electron chi connectivity index (χ2n) is 8.27. The number of hydrogen-bond donors (Lipinski definition) is 1. The average Bonchev–Trinajstić information content (AvgIpc) is 3.24. The number of carbonyl (C=O) groups is 2. The standard InChI is InChI=1S/C24H29N5O3/c1-4-32-24(31)28-12-10-18(11-13-28)26-23(30)19-14-21(17-8-6-5-7-9-17)27-22-20(19)15-25-29(22)16(2)3/h5-9,14-16,18H,4,10-13H2,1-3H3,(H,26,30). The molecule has 168 valence electrons. The Bertz CT molecular complexity index is 1100. The van der Waals surface area contributed by atoms with Crippen molar-refractivity contribution in [1.29, 1.82) is 0 Å². The summed E-state index contributed by atoms with van der Waals surface area (Å²) in [5, 5.41) is 8.37. The Labute approximate surface area is 187 Å². The highest BCUT2D eigenvalue weighted by molar-refractivity contribution is 6.06. The first-order chi connectivity index (χ1) is 15.5. The van der Waals surface area contributed by atoms with E-state index in [4.69, 9.17) is 9.72 Å². The quantitative estimate of drug-likeness (QED) is 0.654. The molecule has 0 spiro atoms. The maximum atomic E-state index is 13.3. The predicted octanol–water partition coefficient (Wildman–Crippen LogP) is 4.03. The molecule has 32 heavy (non-hydrogen) atoms. The van der Waals surface area contributed by atoms with Gasteiger partial charge in [-0.3, -0.25) is 4.79 Å². The number of likely N-dealkylation sites (tertiary alicyclic amines) is 1. The first kappa shape index (κ1) is 21.8. The van der Waals surface area contributed by atoms with Crippen molar-refractivity contribution in [2.45, 2.75) is 45.7 Å². The zero-order valence-corrected chi connectivity index (χ0v) is 18.7. The summed E-state index contributed by atoms with van der Waals surface area (Å²) in [6.45, 7) is 7.37. The van der Waals surface area contributed by atoms with Gasteiger partial charge in [0.1, 0.15) is 0 Å². The Kier molecular flexibility index (Phi) is 6.39. The van der Waals surface area contributed by atoms with E-state index in [0.29, 0.717) is 43.7 Å². The number of nitrogens with zero attached hydrogens (tertiary/aromatic N) is 4. The van der Waals surface area contributed by atoms with Crippen molar-refractivity contribution in [2.75, 3.05) is 19.7 Å². The minimum absolute atomic E-state index is 0.00305. The third kappa shape index (κ3) is 4.44. The van der Waals surface area contributed by atoms with E-state index in [9.17, 15) is 9.59 Å². The van der Waals surface area contributed by atoms with E-state index in [2.05, 4.69) is 10.4 Å². The van der Waals surface area contributed by atoms with Gasteiger partial charge >= 0.3 is 6.09 Å². The molecular formula is C24H29N5O3. The Morgan fingerprint density at radius 1 is 1.19 bits per heavy atom. The smallest absolute Gasteiger partial charge is 0.409 e. The van der Waals surface area contributed by atoms with Gasteiger partial charge in [-0.15, -0.1) is 0 Å². The largest absolute Gasteiger partial charge is 0.450 e. The van der Waals surface area contributed by atoms with Crippen molar-refractivity contribution in [3.05, 3.63) is 48.2 Å². The van der Waals surface area contributed by atoms with E-state index >= 15 is 0 Å². The Morgan fingerprint density at radius 2 is 1.91 bits per heavy atom. The lowest BCUT2D eigenvalue weighted by atomic mass is 10.0. The molecule has 1 N–H and O–H groups in total. The fourth-order valence-corrected chi connectivity index (χ4v) is 4.02. The Balaban J connectivity index is 1.59. The molecule has 1 saturated heterocycles. The maximum Gasteiger partial charge on any atom is 0.409 e. The van der Waals surface area contributed by atoms with Crippen LogP contribution in [0, 0.1) is 0 Å². The summed E-state index contributed by atoms with van der Waals surface area (Å²) < 4.78 is 6.92.